The van der Waals surface area contributed by atoms with Crippen molar-refractivity contribution in [3.05, 3.63) is 48.3 Å². The Morgan fingerprint density at radius 3 is 2.69 bits per heavy atom. The molecule has 0 saturated carbocycles. The minimum absolute atomic E-state index is 0.0127. The molecule has 0 radical (unpaired) electrons. The number of piperidine rings is 1. The van der Waals surface area contributed by atoms with Crippen molar-refractivity contribution in [2.75, 3.05) is 37.4 Å². The van der Waals surface area contributed by atoms with Crippen molar-refractivity contribution < 1.29 is 9.59 Å². The van der Waals surface area contributed by atoms with Crippen LogP contribution in [0.4, 0.5) is 11.5 Å². The van der Waals surface area contributed by atoms with Gasteiger partial charge in [-0.15, -0.1) is 15.3 Å². The Bertz CT molecular complexity index is 1040. The lowest BCUT2D eigenvalue weighted by molar-refractivity contribution is -0.120. The van der Waals surface area contributed by atoms with Crippen LogP contribution in [0.5, 0.6) is 0 Å². The summed E-state index contributed by atoms with van der Waals surface area (Å²) in [4.78, 5) is 28.5. The zero-order valence-corrected chi connectivity index (χ0v) is 16.4. The van der Waals surface area contributed by atoms with Gasteiger partial charge in [0.1, 0.15) is 12.1 Å². The molecular formula is C20H23N7O2. The summed E-state index contributed by atoms with van der Waals surface area (Å²) in [5.74, 6) is 0.678. The maximum Gasteiger partial charge on any atom is 0.253 e. The van der Waals surface area contributed by atoms with Crippen molar-refractivity contribution in [1.82, 2.24) is 24.7 Å². The minimum Gasteiger partial charge on any atom is -0.355 e. The van der Waals surface area contributed by atoms with E-state index in [0.29, 0.717) is 16.9 Å². The van der Waals surface area contributed by atoms with Crippen molar-refractivity contribution in [3.8, 4) is 0 Å². The molecule has 3 heterocycles. The molecule has 2 aromatic heterocycles. The van der Waals surface area contributed by atoms with Crippen molar-refractivity contribution in [2.45, 2.75) is 12.8 Å². The summed E-state index contributed by atoms with van der Waals surface area (Å²) in [6, 6.07) is 10.9. The van der Waals surface area contributed by atoms with E-state index in [0.717, 1.165) is 31.7 Å². The fraction of sp³-hybridized carbons (Fsp3) is 0.350. The van der Waals surface area contributed by atoms with E-state index in [1.165, 1.54) is 4.90 Å². The SMILES string of the molecule is CN(C)C(=O)c1cccc(NC(=O)C2CCN(c3ccc4nncn4n3)CC2)c1. The monoisotopic (exact) mass is 393 g/mol. The molecule has 2 amide bonds. The Labute approximate surface area is 168 Å². The molecule has 0 atom stereocenters. The van der Waals surface area contributed by atoms with Crippen LogP contribution < -0.4 is 10.2 Å². The Morgan fingerprint density at radius 1 is 1.14 bits per heavy atom. The molecule has 0 spiro atoms. The van der Waals surface area contributed by atoms with Crippen molar-refractivity contribution in [3.63, 3.8) is 0 Å². The molecule has 1 N–H and O–H groups in total. The summed E-state index contributed by atoms with van der Waals surface area (Å²) >= 11 is 0. The number of hydrogen-bond acceptors (Lipinski definition) is 6. The Morgan fingerprint density at radius 2 is 1.93 bits per heavy atom. The highest BCUT2D eigenvalue weighted by Crippen LogP contribution is 2.23. The first-order valence-electron chi connectivity index (χ1n) is 9.56. The lowest BCUT2D eigenvalue weighted by Crippen LogP contribution is -2.38. The fourth-order valence-electron chi connectivity index (χ4n) is 3.49. The van der Waals surface area contributed by atoms with Crippen molar-refractivity contribution in [1.29, 1.82) is 0 Å². The number of amides is 2. The summed E-state index contributed by atoms with van der Waals surface area (Å²) in [7, 11) is 3.41. The highest BCUT2D eigenvalue weighted by molar-refractivity contribution is 5.97. The van der Waals surface area contributed by atoms with Gasteiger partial charge in [-0.3, -0.25) is 9.59 Å². The molecular weight excluding hydrogens is 370 g/mol. The predicted octanol–water partition coefficient (Wildman–Crippen LogP) is 1.68. The Kier molecular flexibility index (Phi) is 5.11. The number of nitrogens with one attached hydrogen (secondary N) is 1. The maximum atomic E-state index is 12.7. The molecule has 0 bridgehead atoms. The molecule has 1 aromatic carbocycles. The highest BCUT2D eigenvalue weighted by Gasteiger charge is 2.26. The van der Waals surface area contributed by atoms with Crippen LogP contribution in [0.15, 0.2) is 42.7 Å². The third kappa shape index (κ3) is 4.03. The Balaban J connectivity index is 1.36. The summed E-state index contributed by atoms with van der Waals surface area (Å²) in [5.41, 5.74) is 1.90. The Hall–Kier alpha value is -3.49. The van der Waals surface area contributed by atoms with Crippen LogP contribution in [0.25, 0.3) is 5.65 Å². The van der Waals surface area contributed by atoms with E-state index in [4.69, 9.17) is 0 Å². The molecule has 29 heavy (non-hydrogen) atoms. The topological polar surface area (TPSA) is 95.7 Å². The first-order chi connectivity index (χ1) is 14.0. The zero-order chi connectivity index (χ0) is 20.4. The normalized spacial score (nSPS) is 14.8. The molecule has 0 unspecified atom stereocenters. The van der Waals surface area contributed by atoms with E-state index in [1.807, 2.05) is 12.1 Å². The smallest absolute Gasteiger partial charge is 0.253 e. The number of benzene rings is 1. The largest absolute Gasteiger partial charge is 0.355 e. The van der Waals surface area contributed by atoms with E-state index in [1.54, 1.807) is 49.2 Å². The van der Waals surface area contributed by atoms with E-state index in [2.05, 4.69) is 25.5 Å². The fourth-order valence-corrected chi connectivity index (χ4v) is 3.49. The van der Waals surface area contributed by atoms with Crippen LogP contribution >= 0.6 is 0 Å². The van der Waals surface area contributed by atoms with Crippen LogP contribution in [0.3, 0.4) is 0 Å². The van der Waals surface area contributed by atoms with Gasteiger partial charge in [0, 0.05) is 44.4 Å². The first-order valence-corrected chi connectivity index (χ1v) is 9.56. The number of aromatic nitrogens is 4. The van der Waals surface area contributed by atoms with E-state index >= 15 is 0 Å². The van der Waals surface area contributed by atoms with Gasteiger partial charge in [-0.05, 0) is 43.2 Å². The van der Waals surface area contributed by atoms with Crippen LogP contribution in [0, 0.1) is 5.92 Å². The van der Waals surface area contributed by atoms with Gasteiger partial charge in [0.15, 0.2) is 5.65 Å². The van der Waals surface area contributed by atoms with Gasteiger partial charge in [-0.2, -0.15) is 4.52 Å². The first kappa shape index (κ1) is 18.9. The van der Waals surface area contributed by atoms with Crippen LogP contribution in [-0.2, 0) is 4.79 Å². The summed E-state index contributed by atoms with van der Waals surface area (Å²) in [6.45, 7) is 1.50. The number of carbonyl (C=O) groups excluding carboxylic acids is 2. The van der Waals surface area contributed by atoms with Crippen molar-refractivity contribution >= 4 is 29.0 Å². The summed E-state index contributed by atoms with van der Waals surface area (Å²) in [5, 5.41) is 15.3. The number of rotatable bonds is 4. The maximum absolute atomic E-state index is 12.7. The van der Waals surface area contributed by atoms with Gasteiger partial charge >= 0.3 is 0 Å². The average Bonchev–Trinajstić information content (AvgIpc) is 3.21. The van der Waals surface area contributed by atoms with Gasteiger partial charge in [-0.25, -0.2) is 0 Å². The number of anilines is 2. The number of hydrogen-bond donors (Lipinski definition) is 1. The van der Waals surface area contributed by atoms with Gasteiger partial charge in [-0.1, -0.05) is 6.07 Å². The van der Waals surface area contributed by atoms with Crippen LogP contribution in [0.1, 0.15) is 23.2 Å². The quantitative estimate of drug-likeness (QED) is 0.725. The average molecular weight is 393 g/mol. The zero-order valence-electron chi connectivity index (χ0n) is 16.4. The third-order valence-electron chi connectivity index (χ3n) is 5.12. The van der Waals surface area contributed by atoms with Crippen molar-refractivity contribution in [2.24, 2.45) is 5.92 Å². The van der Waals surface area contributed by atoms with Gasteiger partial charge in [0.2, 0.25) is 5.91 Å². The summed E-state index contributed by atoms with van der Waals surface area (Å²) < 4.78 is 1.65. The van der Waals surface area contributed by atoms with Gasteiger partial charge in [0.25, 0.3) is 5.91 Å². The molecule has 1 saturated heterocycles. The van der Waals surface area contributed by atoms with Gasteiger partial charge in [0.05, 0.1) is 0 Å². The third-order valence-corrected chi connectivity index (χ3v) is 5.12. The highest BCUT2D eigenvalue weighted by atomic mass is 16.2. The molecule has 0 aliphatic carbocycles. The van der Waals surface area contributed by atoms with Crippen LogP contribution in [0.2, 0.25) is 0 Å². The number of fused-ring (bicyclic) bond motifs is 1. The second-order valence-corrected chi connectivity index (χ2v) is 7.36. The molecule has 150 valence electrons. The standard InChI is InChI=1S/C20H23N7O2/c1-25(2)20(29)15-4-3-5-16(12-15)22-19(28)14-8-10-26(11-9-14)18-7-6-17-23-21-13-27(17)24-18/h3-7,12-14H,8-11H2,1-2H3,(H,22,28). The van der Waals surface area contributed by atoms with E-state index in [-0.39, 0.29) is 17.7 Å². The number of carbonyl (C=O) groups is 2. The molecule has 1 fully saturated rings. The second kappa shape index (κ2) is 7.86. The molecule has 1 aliphatic heterocycles. The minimum atomic E-state index is -0.0908. The summed E-state index contributed by atoms with van der Waals surface area (Å²) in [6.07, 6.45) is 3.06. The van der Waals surface area contributed by atoms with E-state index in [9.17, 15) is 9.59 Å². The van der Waals surface area contributed by atoms with Gasteiger partial charge < -0.3 is 15.1 Å². The van der Waals surface area contributed by atoms with E-state index < -0.39 is 0 Å². The molecule has 9 nitrogen and oxygen atoms in total. The second-order valence-electron chi connectivity index (χ2n) is 7.36. The molecule has 4 rings (SSSR count). The molecule has 9 heteroatoms. The lowest BCUT2D eigenvalue weighted by atomic mass is 9.95. The van der Waals surface area contributed by atoms with Crippen LogP contribution in [-0.4, -0.2) is 63.7 Å². The lowest BCUT2D eigenvalue weighted by Gasteiger charge is -2.32. The molecule has 3 aromatic rings. The molecule has 1 aliphatic rings. The number of nitrogens with zero attached hydrogens (tertiary/aromatic N) is 6. The predicted molar refractivity (Wildman–Crippen MR) is 109 cm³/mol.